The van der Waals surface area contributed by atoms with Gasteiger partial charge in [-0.15, -0.1) is 0 Å². The Balaban J connectivity index is 1.62. The van der Waals surface area contributed by atoms with Crippen molar-refractivity contribution in [2.45, 2.75) is 38.7 Å². The monoisotopic (exact) mass is 300 g/mol. The molecule has 1 aromatic heterocycles. The molecule has 1 aliphatic rings. The largest absolute Gasteiger partial charge is 0.393 e. The number of hydrogen-bond donors (Lipinski definition) is 2. The molecule has 5 heteroatoms. The van der Waals surface area contributed by atoms with Crippen LogP contribution in [0.1, 0.15) is 30.7 Å². The van der Waals surface area contributed by atoms with E-state index in [1.165, 1.54) is 0 Å². The maximum absolute atomic E-state index is 10.4. The van der Waals surface area contributed by atoms with E-state index in [4.69, 9.17) is 0 Å². The molecule has 0 aliphatic carbocycles. The highest BCUT2D eigenvalue weighted by atomic mass is 16.3. The van der Waals surface area contributed by atoms with E-state index in [1.54, 1.807) is 4.80 Å². The van der Waals surface area contributed by atoms with Crippen molar-refractivity contribution in [3.8, 4) is 5.69 Å². The molecule has 22 heavy (non-hydrogen) atoms. The Bertz CT molecular complexity index is 590. The molecule has 2 unspecified atom stereocenters. The molecule has 1 saturated heterocycles. The third kappa shape index (κ3) is 3.54. The van der Waals surface area contributed by atoms with Crippen LogP contribution < -0.4 is 5.32 Å². The summed E-state index contributed by atoms with van der Waals surface area (Å²) >= 11 is 0. The van der Waals surface area contributed by atoms with Gasteiger partial charge in [-0.2, -0.15) is 15.0 Å². The number of aliphatic hydroxyl groups excluding tert-OH is 1. The minimum Gasteiger partial charge on any atom is -0.393 e. The number of benzene rings is 1. The molecule has 1 aromatic carbocycles. The van der Waals surface area contributed by atoms with Crippen LogP contribution in [-0.2, 0) is 6.42 Å². The summed E-state index contributed by atoms with van der Waals surface area (Å²) in [6.07, 6.45) is 3.54. The average molecular weight is 300 g/mol. The first-order valence-corrected chi connectivity index (χ1v) is 8.11. The first-order chi connectivity index (χ1) is 10.7. The molecule has 0 radical (unpaired) electrons. The lowest BCUT2D eigenvalue weighted by molar-refractivity contribution is 0.0841. The Hall–Kier alpha value is -1.72. The summed E-state index contributed by atoms with van der Waals surface area (Å²) < 4.78 is 0. The lowest BCUT2D eigenvalue weighted by Gasteiger charge is -2.27. The zero-order chi connectivity index (χ0) is 15.4. The number of rotatable bonds is 5. The van der Waals surface area contributed by atoms with Crippen LogP contribution in [0.3, 0.4) is 0 Å². The van der Waals surface area contributed by atoms with Crippen molar-refractivity contribution in [1.29, 1.82) is 0 Å². The van der Waals surface area contributed by atoms with Crippen molar-refractivity contribution in [3.63, 3.8) is 0 Å². The summed E-state index contributed by atoms with van der Waals surface area (Å²) in [6.45, 7) is 3.99. The van der Waals surface area contributed by atoms with Crippen molar-refractivity contribution in [2.24, 2.45) is 5.92 Å². The van der Waals surface area contributed by atoms with Gasteiger partial charge in [0.15, 0.2) is 0 Å². The molecule has 2 heterocycles. The molecule has 0 saturated carbocycles. The third-order valence-electron chi connectivity index (χ3n) is 4.42. The Kier molecular flexibility index (Phi) is 4.85. The second-order valence-corrected chi connectivity index (χ2v) is 6.07. The second-order valence-electron chi connectivity index (χ2n) is 6.07. The number of aliphatic hydroxyl groups is 1. The average Bonchev–Trinajstić information content (AvgIpc) is 2.95. The summed E-state index contributed by atoms with van der Waals surface area (Å²) in [5.41, 5.74) is 2.89. The Labute approximate surface area is 131 Å². The van der Waals surface area contributed by atoms with E-state index in [2.05, 4.69) is 15.5 Å². The minimum atomic E-state index is -0.255. The Morgan fingerprint density at radius 3 is 2.86 bits per heavy atom. The molecule has 2 atom stereocenters. The van der Waals surface area contributed by atoms with Gasteiger partial charge in [-0.25, -0.2) is 0 Å². The fourth-order valence-electron chi connectivity index (χ4n) is 3.04. The summed E-state index contributed by atoms with van der Waals surface area (Å²) in [7, 11) is 0. The number of nitrogens with zero attached hydrogens (tertiary/aromatic N) is 3. The van der Waals surface area contributed by atoms with Gasteiger partial charge in [0.1, 0.15) is 0 Å². The highest BCUT2D eigenvalue weighted by Crippen LogP contribution is 2.19. The lowest BCUT2D eigenvalue weighted by Crippen LogP contribution is -2.36. The molecule has 0 bridgehead atoms. The summed E-state index contributed by atoms with van der Waals surface area (Å²) in [4.78, 5) is 1.68. The molecule has 3 rings (SSSR count). The minimum absolute atomic E-state index is 0.255. The van der Waals surface area contributed by atoms with Crippen LogP contribution in [0.2, 0.25) is 0 Å². The molecule has 1 fully saturated rings. The molecular weight excluding hydrogens is 276 g/mol. The molecule has 0 amide bonds. The van der Waals surface area contributed by atoms with Crippen LogP contribution in [0.25, 0.3) is 5.69 Å². The van der Waals surface area contributed by atoms with Crippen molar-refractivity contribution < 1.29 is 5.11 Å². The fraction of sp³-hybridized carbons (Fsp3) is 0.529. The van der Waals surface area contributed by atoms with Crippen LogP contribution in [0.5, 0.6) is 0 Å². The predicted octanol–water partition coefficient (Wildman–Crippen LogP) is 1.87. The van der Waals surface area contributed by atoms with Crippen LogP contribution in [-0.4, -0.2) is 39.3 Å². The normalized spacial score (nSPS) is 20.0. The molecule has 0 spiro atoms. The van der Waals surface area contributed by atoms with Gasteiger partial charge < -0.3 is 10.4 Å². The van der Waals surface area contributed by atoms with Gasteiger partial charge in [-0.3, -0.25) is 0 Å². The maximum Gasteiger partial charge on any atom is 0.0861 e. The van der Waals surface area contributed by atoms with E-state index in [-0.39, 0.29) is 6.10 Å². The topological polar surface area (TPSA) is 63.0 Å². The van der Waals surface area contributed by atoms with E-state index >= 15 is 0 Å². The molecule has 2 aromatic rings. The third-order valence-corrected chi connectivity index (χ3v) is 4.42. The first kappa shape index (κ1) is 15.2. The van der Waals surface area contributed by atoms with Gasteiger partial charge in [0.2, 0.25) is 0 Å². The van der Waals surface area contributed by atoms with E-state index in [0.717, 1.165) is 55.8 Å². The van der Waals surface area contributed by atoms with E-state index < -0.39 is 0 Å². The van der Waals surface area contributed by atoms with Crippen LogP contribution in [0, 0.1) is 12.8 Å². The first-order valence-electron chi connectivity index (χ1n) is 8.11. The van der Waals surface area contributed by atoms with Crippen molar-refractivity contribution in [2.75, 3.05) is 13.1 Å². The maximum atomic E-state index is 10.4. The van der Waals surface area contributed by atoms with Gasteiger partial charge >= 0.3 is 0 Å². The summed E-state index contributed by atoms with van der Waals surface area (Å²) in [5, 5.41) is 22.8. The van der Waals surface area contributed by atoms with Crippen molar-refractivity contribution >= 4 is 0 Å². The van der Waals surface area contributed by atoms with E-state index in [0.29, 0.717) is 5.92 Å². The molecule has 1 aliphatic heterocycles. The Morgan fingerprint density at radius 1 is 1.32 bits per heavy atom. The quantitative estimate of drug-likeness (QED) is 0.885. The summed E-state index contributed by atoms with van der Waals surface area (Å²) in [5.74, 6) is 0.373. The smallest absolute Gasteiger partial charge is 0.0861 e. The van der Waals surface area contributed by atoms with E-state index in [1.807, 2.05) is 37.3 Å². The molecule has 2 N–H and O–H groups in total. The number of para-hydroxylation sites is 1. The second kappa shape index (κ2) is 7.03. The number of hydrogen-bond acceptors (Lipinski definition) is 4. The van der Waals surface area contributed by atoms with Gasteiger partial charge in [0.05, 0.1) is 23.2 Å². The zero-order valence-corrected chi connectivity index (χ0v) is 13.1. The summed E-state index contributed by atoms with van der Waals surface area (Å²) in [6, 6.07) is 9.92. The zero-order valence-electron chi connectivity index (χ0n) is 13.1. The highest BCUT2D eigenvalue weighted by molar-refractivity contribution is 5.29. The molecular formula is C17H24N4O. The van der Waals surface area contributed by atoms with Crippen molar-refractivity contribution in [3.05, 3.63) is 41.7 Å². The molecule has 5 nitrogen and oxygen atoms in total. The molecule has 118 valence electrons. The fourth-order valence-corrected chi connectivity index (χ4v) is 3.04. The number of aromatic nitrogens is 3. The standard InChI is InChI=1S/C17H24N4O/c1-13-16(9-10-17(22)14-6-5-11-18-12-14)20-21(19-13)15-7-3-2-4-8-15/h2-4,7-8,14,17-18,22H,5-6,9-12H2,1H3. The van der Waals surface area contributed by atoms with Crippen LogP contribution in [0.15, 0.2) is 30.3 Å². The van der Waals surface area contributed by atoms with Gasteiger partial charge in [0.25, 0.3) is 0 Å². The number of piperidine rings is 1. The van der Waals surface area contributed by atoms with Gasteiger partial charge in [-0.1, -0.05) is 18.2 Å². The van der Waals surface area contributed by atoms with Gasteiger partial charge in [-0.05, 0) is 57.2 Å². The van der Waals surface area contributed by atoms with E-state index in [9.17, 15) is 5.11 Å². The van der Waals surface area contributed by atoms with Crippen LogP contribution >= 0.6 is 0 Å². The predicted molar refractivity (Wildman–Crippen MR) is 86.0 cm³/mol. The van der Waals surface area contributed by atoms with Gasteiger partial charge in [0, 0.05) is 6.54 Å². The van der Waals surface area contributed by atoms with Crippen LogP contribution in [0.4, 0.5) is 0 Å². The highest BCUT2D eigenvalue weighted by Gasteiger charge is 2.22. The lowest BCUT2D eigenvalue weighted by atomic mass is 9.91. The van der Waals surface area contributed by atoms with Crippen molar-refractivity contribution in [1.82, 2.24) is 20.3 Å². The Morgan fingerprint density at radius 2 is 2.14 bits per heavy atom. The SMILES string of the molecule is Cc1nn(-c2ccccc2)nc1CCC(O)C1CCCNC1. The number of nitrogens with one attached hydrogen (secondary N) is 1. The number of aryl methyl sites for hydroxylation is 2.